The van der Waals surface area contributed by atoms with E-state index in [2.05, 4.69) is 4.72 Å². The zero-order valence-corrected chi connectivity index (χ0v) is 11.8. The van der Waals surface area contributed by atoms with Crippen LogP contribution >= 0.6 is 0 Å². The first-order valence-corrected chi connectivity index (χ1v) is 7.50. The summed E-state index contributed by atoms with van der Waals surface area (Å²) in [6, 6.07) is 4.63. The second kappa shape index (κ2) is 6.55. The molecule has 0 unspecified atom stereocenters. The Morgan fingerprint density at radius 3 is 2.45 bits per heavy atom. The van der Waals surface area contributed by atoms with Crippen LogP contribution in [0.2, 0.25) is 0 Å². The highest BCUT2D eigenvalue weighted by molar-refractivity contribution is 7.89. The van der Waals surface area contributed by atoms with Gasteiger partial charge in [0.15, 0.2) is 0 Å². The van der Waals surface area contributed by atoms with Gasteiger partial charge in [-0.05, 0) is 30.5 Å². The molecule has 0 atom stereocenters. The van der Waals surface area contributed by atoms with Gasteiger partial charge in [0.25, 0.3) is 0 Å². The average molecular weight is 310 g/mol. The lowest BCUT2D eigenvalue weighted by Gasteiger charge is -2.11. The number of halogens is 3. The normalized spacial score (nSPS) is 12.7. The molecule has 114 valence electrons. The van der Waals surface area contributed by atoms with Crippen molar-refractivity contribution in [1.29, 1.82) is 0 Å². The first-order valence-electron chi connectivity index (χ1n) is 6.02. The zero-order chi connectivity index (χ0) is 15.4. The molecule has 0 aromatic heterocycles. The highest BCUT2D eigenvalue weighted by atomic mass is 32.2. The molecule has 8 heteroatoms. The fraction of sp³-hybridized carbons (Fsp3) is 0.500. The van der Waals surface area contributed by atoms with Crippen LogP contribution in [-0.2, 0) is 16.6 Å². The third-order valence-electron chi connectivity index (χ3n) is 2.69. The van der Waals surface area contributed by atoms with Gasteiger partial charge in [-0.25, -0.2) is 13.1 Å². The summed E-state index contributed by atoms with van der Waals surface area (Å²) in [5.74, 6) is 0. The van der Waals surface area contributed by atoms with Gasteiger partial charge < -0.3 is 5.73 Å². The van der Waals surface area contributed by atoms with Crippen molar-refractivity contribution in [2.45, 2.75) is 37.4 Å². The standard InChI is InChI=1S/C12H17F3N2O2S/c1-9-7-10(8-16)3-4-11(9)20(18,19)17-6-2-5-12(13,14)15/h3-4,7,17H,2,5-6,8,16H2,1H3. The summed E-state index contributed by atoms with van der Waals surface area (Å²) in [7, 11) is -3.79. The Hall–Kier alpha value is -1.12. The third-order valence-corrected chi connectivity index (χ3v) is 4.31. The Kier molecular flexibility index (Phi) is 5.55. The zero-order valence-electron chi connectivity index (χ0n) is 11.0. The highest BCUT2D eigenvalue weighted by Gasteiger charge is 2.26. The molecule has 1 aromatic carbocycles. The SMILES string of the molecule is Cc1cc(CN)ccc1S(=O)(=O)NCCCC(F)(F)F. The number of rotatable bonds is 6. The largest absolute Gasteiger partial charge is 0.389 e. The van der Waals surface area contributed by atoms with E-state index in [-0.39, 0.29) is 17.9 Å². The Morgan fingerprint density at radius 2 is 1.95 bits per heavy atom. The maximum Gasteiger partial charge on any atom is 0.389 e. The quantitative estimate of drug-likeness (QED) is 0.790. The summed E-state index contributed by atoms with van der Waals surface area (Å²) >= 11 is 0. The van der Waals surface area contributed by atoms with Gasteiger partial charge in [-0.2, -0.15) is 13.2 Å². The average Bonchev–Trinajstić information content (AvgIpc) is 2.33. The Balaban J connectivity index is 2.70. The van der Waals surface area contributed by atoms with Crippen molar-refractivity contribution in [3.05, 3.63) is 29.3 Å². The van der Waals surface area contributed by atoms with Crippen LogP contribution in [0, 0.1) is 6.92 Å². The van der Waals surface area contributed by atoms with Crippen LogP contribution in [0.15, 0.2) is 23.1 Å². The molecule has 3 N–H and O–H groups in total. The molecule has 0 bridgehead atoms. The lowest BCUT2D eigenvalue weighted by molar-refractivity contribution is -0.135. The van der Waals surface area contributed by atoms with Crippen molar-refractivity contribution >= 4 is 10.0 Å². The summed E-state index contributed by atoms with van der Waals surface area (Å²) < 4.78 is 61.9. The molecule has 0 aliphatic rings. The van der Waals surface area contributed by atoms with Crippen LogP contribution in [0.3, 0.4) is 0 Å². The smallest absolute Gasteiger partial charge is 0.326 e. The molecule has 1 rings (SSSR count). The van der Waals surface area contributed by atoms with Crippen LogP contribution < -0.4 is 10.5 Å². The maximum absolute atomic E-state index is 12.0. The number of sulfonamides is 1. The fourth-order valence-electron chi connectivity index (χ4n) is 1.71. The number of hydrogen-bond acceptors (Lipinski definition) is 3. The number of hydrogen-bond donors (Lipinski definition) is 2. The monoisotopic (exact) mass is 310 g/mol. The molecular formula is C12H17F3N2O2S. The molecule has 0 aliphatic heterocycles. The summed E-state index contributed by atoms with van der Waals surface area (Å²) in [6.07, 6.45) is -5.58. The van der Waals surface area contributed by atoms with Crippen LogP contribution in [0.25, 0.3) is 0 Å². The van der Waals surface area contributed by atoms with E-state index in [4.69, 9.17) is 5.73 Å². The van der Waals surface area contributed by atoms with Gasteiger partial charge in [0.1, 0.15) is 0 Å². The van der Waals surface area contributed by atoms with Crippen molar-refractivity contribution in [2.75, 3.05) is 6.54 Å². The molecule has 0 saturated heterocycles. The van der Waals surface area contributed by atoms with Gasteiger partial charge in [0, 0.05) is 19.5 Å². The topological polar surface area (TPSA) is 72.2 Å². The summed E-state index contributed by atoms with van der Waals surface area (Å²) in [5, 5.41) is 0. The number of nitrogens with one attached hydrogen (secondary N) is 1. The second-order valence-corrected chi connectivity index (χ2v) is 6.16. The summed E-state index contributed by atoms with van der Waals surface area (Å²) in [5.41, 5.74) is 6.75. The molecule has 0 saturated carbocycles. The molecule has 20 heavy (non-hydrogen) atoms. The van der Waals surface area contributed by atoms with Crippen LogP contribution in [0.1, 0.15) is 24.0 Å². The van der Waals surface area contributed by atoms with Crippen molar-refractivity contribution in [1.82, 2.24) is 4.72 Å². The van der Waals surface area contributed by atoms with Crippen LogP contribution in [0.4, 0.5) is 13.2 Å². The predicted octanol–water partition coefficient (Wildman–Crippen LogP) is 2.07. The van der Waals surface area contributed by atoms with Crippen molar-refractivity contribution < 1.29 is 21.6 Å². The number of aryl methyl sites for hydroxylation is 1. The van der Waals surface area contributed by atoms with Crippen LogP contribution in [-0.4, -0.2) is 21.1 Å². The molecule has 0 aliphatic carbocycles. The first-order chi connectivity index (χ1) is 9.15. The Bertz CT molecular complexity index is 556. The molecule has 0 fully saturated rings. The molecule has 0 radical (unpaired) electrons. The van der Waals surface area contributed by atoms with Crippen molar-refractivity contribution in [2.24, 2.45) is 5.73 Å². The molecule has 0 heterocycles. The van der Waals surface area contributed by atoms with Crippen LogP contribution in [0.5, 0.6) is 0 Å². The number of nitrogens with two attached hydrogens (primary N) is 1. The second-order valence-electron chi connectivity index (χ2n) is 4.42. The van der Waals surface area contributed by atoms with Gasteiger partial charge in [0.05, 0.1) is 4.90 Å². The predicted molar refractivity (Wildman–Crippen MR) is 69.5 cm³/mol. The number of benzene rings is 1. The fourth-order valence-corrected chi connectivity index (χ4v) is 3.01. The van der Waals surface area contributed by atoms with E-state index in [1.54, 1.807) is 19.1 Å². The molecule has 1 aromatic rings. The van der Waals surface area contributed by atoms with E-state index < -0.39 is 22.6 Å². The lowest BCUT2D eigenvalue weighted by atomic mass is 10.1. The van der Waals surface area contributed by atoms with E-state index in [0.717, 1.165) is 5.56 Å². The Labute approximate surface area is 116 Å². The first kappa shape index (κ1) is 16.9. The minimum Gasteiger partial charge on any atom is -0.326 e. The van der Waals surface area contributed by atoms with Crippen molar-refractivity contribution in [3.8, 4) is 0 Å². The lowest BCUT2D eigenvalue weighted by Crippen LogP contribution is -2.26. The highest BCUT2D eigenvalue weighted by Crippen LogP contribution is 2.21. The van der Waals surface area contributed by atoms with Gasteiger partial charge in [0.2, 0.25) is 10.0 Å². The number of alkyl halides is 3. The molecule has 0 amide bonds. The Morgan fingerprint density at radius 1 is 1.30 bits per heavy atom. The van der Waals surface area contributed by atoms with E-state index in [0.29, 0.717) is 12.1 Å². The maximum atomic E-state index is 12.0. The van der Waals surface area contributed by atoms with Gasteiger partial charge >= 0.3 is 6.18 Å². The molecule has 4 nitrogen and oxygen atoms in total. The van der Waals surface area contributed by atoms with E-state index in [1.807, 2.05) is 0 Å². The van der Waals surface area contributed by atoms with E-state index in [9.17, 15) is 21.6 Å². The van der Waals surface area contributed by atoms with Gasteiger partial charge in [-0.1, -0.05) is 12.1 Å². The molecular weight excluding hydrogens is 293 g/mol. The minimum atomic E-state index is -4.27. The minimum absolute atomic E-state index is 0.0571. The van der Waals surface area contributed by atoms with E-state index >= 15 is 0 Å². The molecule has 0 spiro atoms. The summed E-state index contributed by atoms with van der Waals surface area (Å²) in [6.45, 7) is 1.66. The van der Waals surface area contributed by atoms with Crippen molar-refractivity contribution in [3.63, 3.8) is 0 Å². The van der Waals surface area contributed by atoms with Gasteiger partial charge in [-0.3, -0.25) is 0 Å². The van der Waals surface area contributed by atoms with Gasteiger partial charge in [-0.15, -0.1) is 0 Å². The van der Waals surface area contributed by atoms with E-state index in [1.165, 1.54) is 6.07 Å². The third kappa shape index (κ3) is 5.10. The summed E-state index contributed by atoms with van der Waals surface area (Å²) in [4.78, 5) is 0.0571.